The van der Waals surface area contributed by atoms with E-state index < -0.39 is 40.8 Å². The zero-order valence-corrected chi connectivity index (χ0v) is 22.6. The number of nitrogens with one attached hydrogen (secondary N) is 2. The molecule has 2 aromatic heterocycles. The lowest BCUT2D eigenvalue weighted by Crippen LogP contribution is -2.33. The number of anilines is 3. The lowest BCUT2D eigenvalue weighted by Gasteiger charge is -2.21. The number of ether oxygens (including phenoxy) is 1. The number of carboxylic acid groups (broad SMARTS) is 1. The maximum absolute atomic E-state index is 15.3. The van der Waals surface area contributed by atoms with Crippen molar-refractivity contribution in [1.29, 1.82) is 0 Å². The van der Waals surface area contributed by atoms with Gasteiger partial charge in [-0.25, -0.2) is 23.4 Å². The number of amides is 2. The zero-order valence-electron chi connectivity index (χ0n) is 22.6. The highest BCUT2D eigenvalue weighted by atomic mass is 19.1. The van der Waals surface area contributed by atoms with Crippen molar-refractivity contribution in [3.63, 3.8) is 0 Å². The van der Waals surface area contributed by atoms with Gasteiger partial charge in [-0.05, 0) is 43.5 Å². The maximum Gasteiger partial charge on any atom is 0.414 e. The van der Waals surface area contributed by atoms with Gasteiger partial charge in [0.15, 0.2) is 11.6 Å². The van der Waals surface area contributed by atoms with Crippen LogP contribution in [0.3, 0.4) is 0 Å². The Balaban J connectivity index is 1.20. The van der Waals surface area contributed by atoms with Gasteiger partial charge in [-0.15, -0.1) is 0 Å². The number of hydrogen-bond acceptors (Lipinski definition) is 8. The first-order valence-electron chi connectivity index (χ1n) is 13.6. The Kier molecular flexibility index (Phi) is 6.91. The summed E-state index contributed by atoms with van der Waals surface area (Å²) in [6.07, 6.45) is 2.27. The Hall–Kier alpha value is -4.75. The van der Waals surface area contributed by atoms with Crippen molar-refractivity contribution < 1.29 is 33.0 Å². The summed E-state index contributed by atoms with van der Waals surface area (Å²) >= 11 is 0. The summed E-state index contributed by atoms with van der Waals surface area (Å²) in [6.45, 7) is 2.40. The lowest BCUT2D eigenvalue weighted by atomic mass is 10.2. The Morgan fingerprint density at radius 3 is 2.62 bits per heavy atom. The molecule has 42 heavy (non-hydrogen) atoms. The van der Waals surface area contributed by atoms with Crippen LogP contribution in [0.5, 0.6) is 0 Å². The van der Waals surface area contributed by atoms with Crippen molar-refractivity contribution in [1.82, 2.24) is 14.9 Å². The van der Waals surface area contributed by atoms with Gasteiger partial charge in [-0.3, -0.25) is 14.5 Å². The summed E-state index contributed by atoms with van der Waals surface area (Å²) in [5.41, 5.74) is -0.401. The third kappa shape index (κ3) is 5.19. The van der Waals surface area contributed by atoms with Crippen molar-refractivity contribution in [2.45, 2.75) is 44.4 Å². The lowest BCUT2D eigenvalue weighted by molar-refractivity contribution is -0.119. The van der Waals surface area contributed by atoms with Crippen LogP contribution in [0.15, 0.2) is 35.3 Å². The number of pyridine rings is 2. The van der Waals surface area contributed by atoms with E-state index in [1.165, 1.54) is 36.2 Å². The van der Waals surface area contributed by atoms with Gasteiger partial charge in [0, 0.05) is 44.0 Å². The van der Waals surface area contributed by atoms with Crippen molar-refractivity contribution in [3.8, 4) is 0 Å². The Morgan fingerprint density at radius 2 is 1.90 bits per heavy atom. The monoisotopic (exact) mass is 582 g/mol. The predicted molar refractivity (Wildman–Crippen MR) is 148 cm³/mol. The van der Waals surface area contributed by atoms with E-state index in [-0.39, 0.29) is 60.2 Å². The Bertz CT molecular complexity index is 1670. The largest absolute Gasteiger partial charge is 0.477 e. The normalized spacial score (nSPS) is 20.2. The minimum atomic E-state index is -1.38. The minimum absolute atomic E-state index is 0.00572. The van der Waals surface area contributed by atoms with Crippen LogP contribution in [0.4, 0.5) is 30.8 Å². The van der Waals surface area contributed by atoms with Crippen LogP contribution in [0.2, 0.25) is 0 Å². The van der Waals surface area contributed by atoms with Crippen LogP contribution in [-0.2, 0) is 9.53 Å². The van der Waals surface area contributed by atoms with E-state index in [4.69, 9.17) is 4.74 Å². The van der Waals surface area contributed by atoms with Crippen LogP contribution in [-0.4, -0.2) is 71.0 Å². The van der Waals surface area contributed by atoms with Crippen LogP contribution >= 0.6 is 0 Å². The molecule has 1 saturated carbocycles. The molecular formula is C28H28F2N6O6. The second kappa shape index (κ2) is 10.6. The van der Waals surface area contributed by atoms with E-state index in [0.29, 0.717) is 18.7 Å². The number of nitrogens with zero attached hydrogens (tertiary/aromatic N) is 4. The summed E-state index contributed by atoms with van der Waals surface area (Å²) in [4.78, 5) is 55.5. The van der Waals surface area contributed by atoms with Gasteiger partial charge < -0.3 is 29.9 Å². The van der Waals surface area contributed by atoms with Gasteiger partial charge in [0.25, 0.3) is 0 Å². The maximum atomic E-state index is 15.3. The fraction of sp³-hybridized carbons (Fsp3) is 0.393. The molecule has 0 radical (unpaired) electrons. The third-order valence-electron chi connectivity index (χ3n) is 7.67. The number of hydrogen-bond donors (Lipinski definition) is 3. The van der Waals surface area contributed by atoms with Crippen LogP contribution in [0.25, 0.3) is 11.0 Å². The number of cyclic esters (lactones) is 1. The molecule has 3 aliphatic rings. The van der Waals surface area contributed by atoms with E-state index in [2.05, 4.69) is 15.6 Å². The number of aromatic nitrogens is 2. The number of benzene rings is 1. The molecule has 2 atom stereocenters. The fourth-order valence-corrected chi connectivity index (χ4v) is 5.42. The SMILES string of the molecule is CC(=O)NC[C@H]1CN(c2ccc(F)c(N[C@@H]3CCN(c4nc5c(cc4F)c(=O)c(C(=O)O)cn5C4CC4)C3)c2)C(=O)O1. The van der Waals surface area contributed by atoms with Crippen molar-refractivity contribution in [3.05, 3.63) is 57.9 Å². The van der Waals surface area contributed by atoms with E-state index in [0.717, 1.165) is 18.9 Å². The van der Waals surface area contributed by atoms with E-state index in [9.17, 15) is 28.7 Å². The molecule has 4 heterocycles. The molecule has 12 nitrogen and oxygen atoms in total. The molecule has 3 aromatic rings. The van der Waals surface area contributed by atoms with Gasteiger partial charge in [0.1, 0.15) is 23.1 Å². The highest BCUT2D eigenvalue weighted by molar-refractivity contribution is 5.92. The van der Waals surface area contributed by atoms with Crippen LogP contribution < -0.4 is 25.9 Å². The first-order valence-corrected chi connectivity index (χ1v) is 13.6. The van der Waals surface area contributed by atoms with Gasteiger partial charge in [0.2, 0.25) is 11.3 Å². The molecule has 1 aromatic carbocycles. The van der Waals surface area contributed by atoms with E-state index in [1.54, 1.807) is 9.47 Å². The van der Waals surface area contributed by atoms with Crippen LogP contribution in [0, 0.1) is 11.6 Å². The molecule has 0 spiro atoms. The Morgan fingerprint density at radius 1 is 1.12 bits per heavy atom. The minimum Gasteiger partial charge on any atom is -0.477 e. The zero-order chi connectivity index (χ0) is 29.7. The molecule has 2 aliphatic heterocycles. The van der Waals surface area contributed by atoms with Crippen molar-refractivity contribution in [2.75, 3.05) is 41.3 Å². The highest BCUT2D eigenvalue weighted by Gasteiger charge is 2.34. The van der Waals surface area contributed by atoms with Gasteiger partial charge in [-0.1, -0.05) is 0 Å². The second-order valence-electron chi connectivity index (χ2n) is 10.8. The fourth-order valence-electron chi connectivity index (χ4n) is 5.42. The topological polar surface area (TPSA) is 146 Å². The smallest absolute Gasteiger partial charge is 0.414 e. The number of aromatic carboxylic acids is 1. The molecule has 2 saturated heterocycles. The quantitative estimate of drug-likeness (QED) is 0.365. The molecule has 3 N–H and O–H groups in total. The number of fused-ring (bicyclic) bond motifs is 1. The number of rotatable bonds is 8. The average molecular weight is 583 g/mol. The standard InChI is InChI=1S/C28H28F2N6O6/c1-14(37)31-10-18-12-36(28(41)42-18)17-4-5-21(29)23(8-17)32-15-6-7-34(11-15)26-22(30)9-19-24(38)20(27(39)40)13-35(16-2-3-16)25(19)33-26/h4-5,8-9,13,15-16,18,32H,2-3,6-7,10-12H2,1H3,(H,31,37)(H,39,40)/t15-,18+/m1/s1. The molecule has 1 aliphatic carbocycles. The molecule has 6 rings (SSSR count). The summed E-state index contributed by atoms with van der Waals surface area (Å²) < 4.78 is 37.0. The van der Waals surface area contributed by atoms with E-state index >= 15 is 4.39 Å². The average Bonchev–Trinajstić information content (AvgIpc) is 3.57. The number of carbonyl (C=O) groups is 3. The van der Waals surface area contributed by atoms with E-state index in [1.807, 2.05) is 0 Å². The molecule has 14 heteroatoms. The molecular weight excluding hydrogens is 554 g/mol. The molecule has 220 valence electrons. The highest BCUT2D eigenvalue weighted by Crippen LogP contribution is 2.37. The van der Waals surface area contributed by atoms with Gasteiger partial charge in [0.05, 0.1) is 24.2 Å². The number of halogens is 2. The summed E-state index contributed by atoms with van der Waals surface area (Å²) in [7, 11) is 0. The van der Waals surface area contributed by atoms with Crippen molar-refractivity contribution in [2.24, 2.45) is 0 Å². The van der Waals surface area contributed by atoms with Gasteiger partial charge in [-0.2, -0.15) is 0 Å². The summed E-state index contributed by atoms with van der Waals surface area (Å²) in [5.74, 6) is -2.87. The number of carbonyl (C=O) groups excluding carboxylic acids is 2. The van der Waals surface area contributed by atoms with Crippen molar-refractivity contribution >= 4 is 46.2 Å². The summed E-state index contributed by atoms with van der Waals surface area (Å²) in [6, 6.07) is 4.96. The predicted octanol–water partition coefficient (Wildman–Crippen LogP) is 2.86. The molecule has 0 unspecified atom stereocenters. The first kappa shape index (κ1) is 27.4. The van der Waals surface area contributed by atoms with Gasteiger partial charge >= 0.3 is 12.1 Å². The van der Waals surface area contributed by atoms with Crippen LogP contribution in [0.1, 0.15) is 42.6 Å². The second-order valence-corrected chi connectivity index (χ2v) is 10.8. The molecule has 2 amide bonds. The molecule has 0 bridgehead atoms. The third-order valence-corrected chi connectivity index (χ3v) is 7.67. The summed E-state index contributed by atoms with van der Waals surface area (Å²) in [5, 5.41) is 15.1. The number of carboxylic acids is 1. The Labute approximate surface area is 237 Å². The molecule has 3 fully saturated rings. The first-order chi connectivity index (χ1) is 20.1.